The number of hydrogen-bond donors (Lipinski definition) is 2. The molecule has 0 aromatic rings. The van der Waals surface area contributed by atoms with Crippen LogP contribution in [0.15, 0.2) is 0 Å². The zero-order chi connectivity index (χ0) is 13.4. The first-order chi connectivity index (χ1) is 7.04. The fraction of sp³-hybridized carbons (Fsp3) is 0.833. The van der Waals surface area contributed by atoms with Crippen LogP contribution in [0.5, 0.6) is 0 Å². The SMILES string of the molecule is CC(C)(C)NC(=O)CCC(=O)O.CC(C)C. The van der Waals surface area contributed by atoms with E-state index in [1.165, 1.54) is 0 Å². The minimum atomic E-state index is -0.945. The zero-order valence-corrected chi connectivity index (χ0v) is 11.3. The van der Waals surface area contributed by atoms with Gasteiger partial charge in [0.2, 0.25) is 5.91 Å². The Kier molecular flexibility index (Phi) is 8.81. The Balaban J connectivity index is 0. The van der Waals surface area contributed by atoms with Crippen LogP contribution >= 0.6 is 0 Å². The Morgan fingerprint density at radius 1 is 1.12 bits per heavy atom. The van der Waals surface area contributed by atoms with Gasteiger partial charge in [0.05, 0.1) is 6.42 Å². The van der Waals surface area contributed by atoms with Crippen molar-refractivity contribution in [3.63, 3.8) is 0 Å². The van der Waals surface area contributed by atoms with E-state index in [-0.39, 0.29) is 24.3 Å². The second-order valence-electron chi connectivity index (χ2n) is 5.42. The van der Waals surface area contributed by atoms with Crippen molar-refractivity contribution >= 4 is 11.9 Å². The van der Waals surface area contributed by atoms with Crippen LogP contribution in [0.25, 0.3) is 0 Å². The van der Waals surface area contributed by atoms with Crippen LogP contribution in [0, 0.1) is 5.92 Å². The summed E-state index contributed by atoms with van der Waals surface area (Å²) in [5, 5.41) is 11.0. The quantitative estimate of drug-likeness (QED) is 0.784. The maximum Gasteiger partial charge on any atom is 0.303 e. The molecule has 4 nitrogen and oxygen atoms in total. The number of carboxylic acids is 1. The maximum atomic E-state index is 11.0. The van der Waals surface area contributed by atoms with Gasteiger partial charge in [-0.05, 0) is 26.7 Å². The third kappa shape index (κ3) is 23.1. The smallest absolute Gasteiger partial charge is 0.303 e. The van der Waals surface area contributed by atoms with Gasteiger partial charge in [-0.3, -0.25) is 9.59 Å². The molecule has 4 heteroatoms. The lowest BCUT2D eigenvalue weighted by atomic mass is 10.1. The predicted octanol–water partition coefficient (Wildman–Crippen LogP) is 2.43. The lowest BCUT2D eigenvalue weighted by Gasteiger charge is -2.20. The summed E-state index contributed by atoms with van der Waals surface area (Å²) >= 11 is 0. The van der Waals surface area contributed by atoms with Crippen molar-refractivity contribution in [2.24, 2.45) is 5.92 Å². The van der Waals surface area contributed by atoms with E-state index in [2.05, 4.69) is 26.1 Å². The summed E-state index contributed by atoms with van der Waals surface area (Å²) in [6, 6.07) is 0. The van der Waals surface area contributed by atoms with Gasteiger partial charge < -0.3 is 10.4 Å². The molecular weight excluding hydrogens is 206 g/mol. The van der Waals surface area contributed by atoms with E-state index in [0.717, 1.165) is 5.92 Å². The summed E-state index contributed by atoms with van der Waals surface area (Å²) in [6.07, 6.45) is -0.0610. The molecule has 0 rings (SSSR count). The first-order valence-electron chi connectivity index (χ1n) is 5.57. The Morgan fingerprint density at radius 3 is 1.75 bits per heavy atom. The van der Waals surface area contributed by atoms with Gasteiger partial charge in [0.25, 0.3) is 0 Å². The van der Waals surface area contributed by atoms with Crippen LogP contribution < -0.4 is 5.32 Å². The fourth-order valence-corrected chi connectivity index (χ4v) is 0.701. The maximum absolute atomic E-state index is 11.0. The molecule has 0 radical (unpaired) electrons. The molecule has 1 amide bonds. The molecule has 0 bridgehead atoms. The Labute approximate surface area is 98.4 Å². The summed E-state index contributed by atoms with van der Waals surface area (Å²) < 4.78 is 0. The summed E-state index contributed by atoms with van der Waals surface area (Å²) in [6.45, 7) is 12.1. The zero-order valence-electron chi connectivity index (χ0n) is 11.3. The van der Waals surface area contributed by atoms with Crippen molar-refractivity contribution in [1.82, 2.24) is 5.32 Å². The molecule has 0 saturated heterocycles. The average molecular weight is 231 g/mol. The van der Waals surface area contributed by atoms with Crippen molar-refractivity contribution in [3.8, 4) is 0 Å². The van der Waals surface area contributed by atoms with Gasteiger partial charge in [0, 0.05) is 12.0 Å². The molecule has 2 N–H and O–H groups in total. The third-order valence-electron chi connectivity index (χ3n) is 1.08. The van der Waals surface area contributed by atoms with Crippen LogP contribution in [-0.2, 0) is 9.59 Å². The lowest BCUT2D eigenvalue weighted by Crippen LogP contribution is -2.40. The molecule has 0 aliphatic carbocycles. The summed E-state index contributed by atoms with van der Waals surface area (Å²) in [4.78, 5) is 21.1. The van der Waals surface area contributed by atoms with Gasteiger partial charge in [-0.1, -0.05) is 20.8 Å². The van der Waals surface area contributed by atoms with Crippen molar-refractivity contribution in [2.45, 2.75) is 59.9 Å². The summed E-state index contributed by atoms with van der Waals surface area (Å²) in [5.41, 5.74) is -0.282. The average Bonchev–Trinajstić information content (AvgIpc) is 1.96. The predicted molar refractivity (Wildman–Crippen MR) is 65.3 cm³/mol. The van der Waals surface area contributed by atoms with Crippen LogP contribution in [0.3, 0.4) is 0 Å². The molecule has 16 heavy (non-hydrogen) atoms. The van der Waals surface area contributed by atoms with E-state index in [9.17, 15) is 9.59 Å². The largest absolute Gasteiger partial charge is 0.481 e. The van der Waals surface area contributed by atoms with Crippen molar-refractivity contribution in [1.29, 1.82) is 0 Å². The van der Waals surface area contributed by atoms with Gasteiger partial charge in [-0.25, -0.2) is 0 Å². The number of nitrogens with one attached hydrogen (secondary N) is 1. The molecule has 0 heterocycles. The highest BCUT2D eigenvalue weighted by molar-refractivity contribution is 5.81. The van der Waals surface area contributed by atoms with Gasteiger partial charge in [0.15, 0.2) is 0 Å². The van der Waals surface area contributed by atoms with E-state index in [4.69, 9.17) is 5.11 Å². The second-order valence-corrected chi connectivity index (χ2v) is 5.42. The molecule has 0 spiro atoms. The van der Waals surface area contributed by atoms with Crippen molar-refractivity contribution < 1.29 is 14.7 Å². The monoisotopic (exact) mass is 231 g/mol. The standard InChI is InChI=1S/C8H15NO3.C4H10/c1-8(2,3)9-6(10)4-5-7(11)12;1-4(2)3/h4-5H2,1-3H3,(H,9,10)(H,11,12);4H,1-3H3. The second kappa shape index (κ2) is 8.13. The van der Waals surface area contributed by atoms with E-state index in [1.54, 1.807) is 0 Å². The topological polar surface area (TPSA) is 66.4 Å². The number of amides is 1. The molecule has 0 fully saturated rings. The number of aliphatic carboxylic acids is 1. The molecule has 0 aliphatic heterocycles. The van der Waals surface area contributed by atoms with Gasteiger partial charge in [-0.15, -0.1) is 0 Å². The molecule has 0 aromatic heterocycles. The Hall–Kier alpha value is -1.06. The Bertz CT molecular complexity index is 214. The molecule has 96 valence electrons. The molecule has 0 saturated carbocycles. The minimum Gasteiger partial charge on any atom is -0.481 e. The highest BCUT2D eigenvalue weighted by atomic mass is 16.4. The highest BCUT2D eigenvalue weighted by Gasteiger charge is 2.13. The Morgan fingerprint density at radius 2 is 1.50 bits per heavy atom. The number of rotatable bonds is 3. The van der Waals surface area contributed by atoms with Gasteiger partial charge in [0.1, 0.15) is 0 Å². The fourth-order valence-electron chi connectivity index (χ4n) is 0.701. The van der Waals surface area contributed by atoms with Crippen LogP contribution in [-0.4, -0.2) is 22.5 Å². The first-order valence-corrected chi connectivity index (χ1v) is 5.57. The molecule has 0 unspecified atom stereocenters. The van der Waals surface area contributed by atoms with Crippen molar-refractivity contribution in [3.05, 3.63) is 0 Å². The number of hydrogen-bond acceptors (Lipinski definition) is 2. The minimum absolute atomic E-state index is 0.0482. The van der Waals surface area contributed by atoms with Crippen molar-refractivity contribution in [2.75, 3.05) is 0 Å². The van der Waals surface area contributed by atoms with Crippen LogP contribution in [0.1, 0.15) is 54.4 Å². The van der Waals surface area contributed by atoms with E-state index < -0.39 is 5.97 Å². The molecular formula is C12H25NO3. The highest BCUT2D eigenvalue weighted by Crippen LogP contribution is 2.00. The van der Waals surface area contributed by atoms with Gasteiger partial charge in [-0.2, -0.15) is 0 Å². The van der Waals surface area contributed by atoms with Crippen LogP contribution in [0.2, 0.25) is 0 Å². The molecule has 0 atom stereocenters. The molecule has 0 aliphatic rings. The first kappa shape index (κ1) is 17.3. The van der Waals surface area contributed by atoms with E-state index >= 15 is 0 Å². The lowest BCUT2D eigenvalue weighted by molar-refractivity contribution is -0.139. The van der Waals surface area contributed by atoms with E-state index in [0.29, 0.717) is 0 Å². The normalized spacial score (nSPS) is 10.4. The number of carbonyl (C=O) groups is 2. The third-order valence-corrected chi connectivity index (χ3v) is 1.08. The van der Waals surface area contributed by atoms with E-state index in [1.807, 2.05) is 20.8 Å². The molecule has 0 aromatic carbocycles. The summed E-state index contributed by atoms with van der Waals surface area (Å²) in [7, 11) is 0. The number of carboxylic acid groups (broad SMARTS) is 1. The number of carbonyl (C=O) groups excluding carboxylic acids is 1. The van der Waals surface area contributed by atoms with Gasteiger partial charge >= 0.3 is 5.97 Å². The summed E-state index contributed by atoms with van der Waals surface area (Å²) in [5.74, 6) is -0.330. The van der Waals surface area contributed by atoms with Crippen LogP contribution in [0.4, 0.5) is 0 Å².